The highest BCUT2D eigenvalue weighted by molar-refractivity contribution is 9.10. The van der Waals surface area contributed by atoms with Crippen LogP contribution in [0.1, 0.15) is 44.7 Å². The molecule has 0 saturated heterocycles. The summed E-state index contributed by atoms with van der Waals surface area (Å²) in [6, 6.07) is 12.7. The highest BCUT2D eigenvalue weighted by atomic mass is 79.9. The van der Waals surface area contributed by atoms with E-state index in [2.05, 4.69) is 28.2 Å². The van der Waals surface area contributed by atoms with E-state index >= 15 is 0 Å². The van der Waals surface area contributed by atoms with Crippen molar-refractivity contribution in [3.8, 4) is 11.5 Å². The van der Waals surface area contributed by atoms with Crippen molar-refractivity contribution in [2.75, 3.05) is 20.3 Å². The number of amides is 2. The lowest BCUT2D eigenvalue weighted by Crippen LogP contribution is -2.50. The van der Waals surface area contributed by atoms with Crippen LogP contribution in [0.5, 0.6) is 11.5 Å². The number of carbonyl (C=O) groups is 2. The van der Waals surface area contributed by atoms with Gasteiger partial charge in [-0.15, -0.1) is 0 Å². The third-order valence-corrected chi connectivity index (χ3v) is 5.82. The molecule has 0 fully saturated rings. The van der Waals surface area contributed by atoms with E-state index < -0.39 is 6.04 Å². The number of halogens is 1. The summed E-state index contributed by atoms with van der Waals surface area (Å²) in [5.41, 5.74) is 2.09. The van der Waals surface area contributed by atoms with Crippen LogP contribution in [0.15, 0.2) is 46.9 Å². The first-order valence-electron chi connectivity index (χ1n) is 11.0. The number of ether oxygens (including phenoxy) is 2. The molecule has 0 aliphatic heterocycles. The molecule has 2 amide bonds. The minimum Gasteiger partial charge on any atom is -0.497 e. The van der Waals surface area contributed by atoms with Crippen LogP contribution in [0, 0.1) is 0 Å². The Morgan fingerprint density at radius 1 is 1.06 bits per heavy atom. The molecule has 1 atom stereocenters. The third-order valence-electron chi connectivity index (χ3n) is 5.20. The molecule has 0 aliphatic rings. The molecular weight excluding hydrogens is 472 g/mol. The van der Waals surface area contributed by atoms with Crippen molar-refractivity contribution in [2.24, 2.45) is 0 Å². The standard InChI is InChI=1S/C25H33BrN2O4/c1-5-14-27-25(30)22(7-3)28(16-19-8-11-20(31-4)12-9-19)24(29)17-32-23-13-10-18(6-2)15-21(23)26/h8-13,15,22H,5-7,14,16-17H2,1-4H3,(H,27,30). The number of aryl methyl sites for hydroxylation is 1. The summed E-state index contributed by atoms with van der Waals surface area (Å²) in [5, 5.41) is 2.92. The minimum atomic E-state index is -0.578. The van der Waals surface area contributed by atoms with Gasteiger partial charge in [-0.2, -0.15) is 0 Å². The molecule has 0 bridgehead atoms. The number of methoxy groups -OCH3 is 1. The summed E-state index contributed by atoms with van der Waals surface area (Å²) in [5.74, 6) is 0.946. The summed E-state index contributed by atoms with van der Waals surface area (Å²) >= 11 is 3.51. The van der Waals surface area contributed by atoms with E-state index in [9.17, 15) is 9.59 Å². The first kappa shape index (κ1) is 25.7. The van der Waals surface area contributed by atoms with E-state index in [0.29, 0.717) is 25.3 Å². The number of nitrogens with one attached hydrogen (secondary N) is 1. The van der Waals surface area contributed by atoms with Gasteiger partial charge in [0.1, 0.15) is 17.5 Å². The first-order valence-corrected chi connectivity index (χ1v) is 11.8. The van der Waals surface area contributed by atoms with E-state index in [1.165, 1.54) is 5.56 Å². The molecule has 0 spiro atoms. The van der Waals surface area contributed by atoms with Crippen LogP contribution in [0.25, 0.3) is 0 Å². The summed E-state index contributed by atoms with van der Waals surface area (Å²) in [6.45, 7) is 6.71. The van der Waals surface area contributed by atoms with Crippen LogP contribution in [0.3, 0.4) is 0 Å². The SMILES string of the molecule is CCCNC(=O)C(CC)N(Cc1ccc(OC)cc1)C(=O)COc1ccc(CC)cc1Br. The quantitative estimate of drug-likeness (QED) is 0.453. The van der Waals surface area contributed by atoms with Crippen LogP contribution in [0.4, 0.5) is 0 Å². The molecule has 2 aromatic rings. The Balaban J connectivity index is 2.20. The van der Waals surface area contributed by atoms with Crippen LogP contribution in [-0.2, 0) is 22.6 Å². The highest BCUT2D eigenvalue weighted by Crippen LogP contribution is 2.26. The summed E-state index contributed by atoms with van der Waals surface area (Å²) in [6.07, 6.45) is 2.25. The Bertz CT molecular complexity index is 886. The zero-order valence-corrected chi connectivity index (χ0v) is 20.9. The number of nitrogens with zero attached hydrogens (tertiary/aromatic N) is 1. The van der Waals surface area contributed by atoms with Gasteiger partial charge in [0.2, 0.25) is 5.91 Å². The van der Waals surface area contributed by atoms with E-state index in [0.717, 1.165) is 28.6 Å². The predicted octanol–water partition coefficient (Wildman–Crippen LogP) is 4.73. The molecule has 1 unspecified atom stereocenters. The van der Waals surface area contributed by atoms with Crippen molar-refractivity contribution in [3.63, 3.8) is 0 Å². The lowest BCUT2D eigenvalue weighted by molar-refractivity contribution is -0.143. The van der Waals surface area contributed by atoms with E-state index in [4.69, 9.17) is 9.47 Å². The Morgan fingerprint density at radius 3 is 2.31 bits per heavy atom. The molecule has 32 heavy (non-hydrogen) atoms. The third kappa shape index (κ3) is 7.26. The number of rotatable bonds is 12. The van der Waals surface area contributed by atoms with Gasteiger partial charge in [-0.1, -0.05) is 39.0 Å². The Hall–Kier alpha value is -2.54. The van der Waals surface area contributed by atoms with Crippen molar-refractivity contribution in [1.29, 1.82) is 0 Å². The van der Waals surface area contributed by atoms with Gasteiger partial charge >= 0.3 is 0 Å². The summed E-state index contributed by atoms with van der Waals surface area (Å²) in [7, 11) is 1.61. The fraction of sp³-hybridized carbons (Fsp3) is 0.440. The topological polar surface area (TPSA) is 67.9 Å². The van der Waals surface area contributed by atoms with Gasteiger partial charge in [0.05, 0.1) is 11.6 Å². The van der Waals surface area contributed by atoms with E-state index in [1.54, 1.807) is 12.0 Å². The van der Waals surface area contributed by atoms with Gasteiger partial charge in [-0.25, -0.2) is 0 Å². The lowest BCUT2D eigenvalue weighted by Gasteiger charge is -2.30. The first-order chi connectivity index (χ1) is 15.4. The maximum absolute atomic E-state index is 13.2. The zero-order chi connectivity index (χ0) is 23.5. The second kappa shape index (κ2) is 13.1. The van der Waals surface area contributed by atoms with Crippen LogP contribution in [-0.4, -0.2) is 43.0 Å². The Labute approximate surface area is 199 Å². The van der Waals surface area contributed by atoms with Gasteiger partial charge in [0.25, 0.3) is 5.91 Å². The van der Waals surface area contributed by atoms with E-state index in [-0.39, 0.29) is 18.4 Å². The number of carbonyl (C=O) groups excluding carboxylic acids is 2. The number of hydrogen-bond acceptors (Lipinski definition) is 4. The average Bonchev–Trinajstić information content (AvgIpc) is 2.81. The molecule has 2 rings (SSSR count). The molecule has 0 aliphatic carbocycles. The Morgan fingerprint density at radius 2 is 1.75 bits per heavy atom. The van der Waals surface area contributed by atoms with Gasteiger partial charge in [0, 0.05) is 13.1 Å². The van der Waals surface area contributed by atoms with E-state index in [1.807, 2.05) is 56.3 Å². The van der Waals surface area contributed by atoms with Gasteiger partial charge in [0.15, 0.2) is 6.61 Å². The second-order valence-electron chi connectivity index (χ2n) is 7.49. The normalized spacial score (nSPS) is 11.5. The Kier molecular flexibility index (Phi) is 10.5. The van der Waals surface area contributed by atoms with Crippen molar-refractivity contribution in [3.05, 3.63) is 58.1 Å². The molecule has 0 radical (unpaired) electrons. The highest BCUT2D eigenvalue weighted by Gasteiger charge is 2.28. The van der Waals surface area contributed by atoms with Crippen LogP contribution < -0.4 is 14.8 Å². The molecule has 0 saturated carbocycles. The molecule has 7 heteroatoms. The maximum Gasteiger partial charge on any atom is 0.261 e. The lowest BCUT2D eigenvalue weighted by atomic mass is 10.1. The van der Waals surface area contributed by atoms with Crippen molar-refractivity contribution >= 4 is 27.7 Å². The molecule has 0 heterocycles. The predicted molar refractivity (Wildman–Crippen MR) is 130 cm³/mol. The van der Waals surface area contributed by atoms with Crippen molar-refractivity contribution < 1.29 is 19.1 Å². The molecule has 1 N–H and O–H groups in total. The second-order valence-corrected chi connectivity index (χ2v) is 8.35. The molecule has 0 aromatic heterocycles. The van der Waals surface area contributed by atoms with Crippen molar-refractivity contribution in [2.45, 2.75) is 52.6 Å². The van der Waals surface area contributed by atoms with Crippen molar-refractivity contribution in [1.82, 2.24) is 10.2 Å². The molecule has 174 valence electrons. The molecule has 6 nitrogen and oxygen atoms in total. The van der Waals surface area contributed by atoms with Gasteiger partial charge < -0.3 is 19.7 Å². The fourth-order valence-electron chi connectivity index (χ4n) is 3.32. The monoisotopic (exact) mass is 504 g/mol. The van der Waals surface area contributed by atoms with Crippen LogP contribution >= 0.6 is 15.9 Å². The van der Waals surface area contributed by atoms with Gasteiger partial charge in [-0.3, -0.25) is 9.59 Å². The smallest absolute Gasteiger partial charge is 0.261 e. The number of hydrogen-bond donors (Lipinski definition) is 1. The summed E-state index contributed by atoms with van der Waals surface area (Å²) < 4.78 is 11.8. The minimum absolute atomic E-state index is 0.148. The molecule has 2 aromatic carbocycles. The maximum atomic E-state index is 13.2. The summed E-state index contributed by atoms with van der Waals surface area (Å²) in [4.78, 5) is 27.6. The zero-order valence-electron chi connectivity index (χ0n) is 19.3. The van der Waals surface area contributed by atoms with Gasteiger partial charge in [-0.05, 0) is 70.6 Å². The number of benzene rings is 2. The largest absolute Gasteiger partial charge is 0.497 e. The average molecular weight is 505 g/mol. The molecular formula is C25H33BrN2O4. The van der Waals surface area contributed by atoms with Crippen LogP contribution in [0.2, 0.25) is 0 Å². The fourth-order valence-corrected chi connectivity index (χ4v) is 3.86.